The number of aromatic nitrogens is 2. The van der Waals surface area contributed by atoms with Gasteiger partial charge >= 0.3 is 0 Å². The van der Waals surface area contributed by atoms with Gasteiger partial charge in [-0.05, 0) is 43.5 Å². The third-order valence-electron chi connectivity index (χ3n) is 6.46. The summed E-state index contributed by atoms with van der Waals surface area (Å²) in [6.07, 6.45) is 1.83. The number of thioether (sulfide) groups is 1. The first-order valence-electron chi connectivity index (χ1n) is 12.3. The van der Waals surface area contributed by atoms with E-state index in [4.69, 9.17) is 11.6 Å². The van der Waals surface area contributed by atoms with E-state index in [1.54, 1.807) is 4.90 Å². The van der Waals surface area contributed by atoms with E-state index in [1.165, 1.54) is 18.0 Å². The van der Waals surface area contributed by atoms with Crippen molar-refractivity contribution < 1.29 is 13.2 Å². The molecule has 2 aromatic carbocycles. The molecule has 1 aliphatic heterocycles. The fourth-order valence-corrected chi connectivity index (χ4v) is 7.09. The molecule has 1 aromatic heterocycles. The smallest absolute Gasteiger partial charge is 0.274 e. The van der Waals surface area contributed by atoms with E-state index in [0.717, 1.165) is 29.9 Å². The number of amides is 1. The van der Waals surface area contributed by atoms with Crippen LogP contribution < -0.4 is 4.90 Å². The van der Waals surface area contributed by atoms with Crippen molar-refractivity contribution in [2.75, 3.05) is 29.5 Å². The first kappa shape index (κ1) is 27.4. The zero-order valence-corrected chi connectivity index (χ0v) is 23.4. The van der Waals surface area contributed by atoms with E-state index in [9.17, 15) is 13.2 Å². The molecule has 37 heavy (non-hydrogen) atoms. The first-order valence-corrected chi connectivity index (χ1v) is 15.5. The number of carbonyl (C=O) groups excluding carboxylic acids is 1. The number of anilines is 1. The Kier molecular flexibility index (Phi) is 9.10. The zero-order valence-electron chi connectivity index (χ0n) is 21.0. The van der Waals surface area contributed by atoms with E-state index >= 15 is 0 Å². The van der Waals surface area contributed by atoms with Crippen LogP contribution in [0, 0.1) is 0 Å². The van der Waals surface area contributed by atoms with E-state index in [2.05, 4.69) is 28.7 Å². The lowest BCUT2D eigenvalue weighted by molar-refractivity contribution is 0.0674. The molecule has 1 aliphatic rings. The third-order valence-corrected chi connectivity index (χ3v) is 9.42. The molecule has 0 spiro atoms. The average molecular weight is 559 g/mol. The van der Waals surface area contributed by atoms with Crippen molar-refractivity contribution in [1.82, 2.24) is 14.9 Å². The van der Waals surface area contributed by atoms with Crippen molar-refractivity contribution >= 4 is 44.8 Å². The minimum absolute atomic E-state index is 0.0609. The highest BCUT2D eigenvalue weighted by molar-refractivity contribution is 7.98. The molecule has 1 saturated heterocycles. The Bertz CT molecular complexity index is 1320. The van der Waals surface area contributed by atoms with Crippen LogP contribution in [0.15, 0.2) is 66.0 Å². The zero-order chi connectivity index (χ0) is 26.4. The van der Waals surface area contributed by atoms with E-state index < -0.39 is 15.9 Å². The second kappa shape index (κ2) is 12.3. The number of halogens is 1. The monoisotopic (exact) mass is 558 g/mol. The maximum absolute atomic E-state index is 13.8. The molecule has 0 N–H and O–H groups in total. The Balaban J connectivity index is 1.58. The molecule has 1 unspecified atom stereocenters. The highest BCUT2D eigenvalue weighted by atomic mass is 35.5. The minimum atomic E-state index is -3.20. The quantitative estimate of drug-likeness (QED) is 0.253. The van der Waals surface area contributed by atoms with E-state index in [1.807, 2.05) is 54.6 Å². The van der Waals surface area contributed by atoms with Gasteiger partial charge in [0.05, 0.1) is 22.7 Å². The number of sulfone groups is 1. The average Bonchev–Trinajstić information content (AvgIpc) is 3.27. The van der Waals surface area contributed by atoms with Gasteiger partial charge in [0.15, 0.2) is 20.7 Å². The Morgan fingerprint density at radius 1 is 1.05 bits per heavy atom. The largest absolute Gasteiger partial charge is 0.372 e. The van der Waals surface area contributed by atoms with Gasteiger partial charge in [0.25, 0.3) is 5.91 Å². The molecule has 1 atom stereocenters. The molecule has 0 aliphatic carbocycles. The van der Waals surface area contributed by atoms with Gasteiger partial charge in [-0.1, -0.05) is 65.8 Å². The van der Waals surface area contributed by atoms with Crippen molar-refractivity contribution in [3.05, 3.63) is 82.6 Å². The number of hydrogen-bond donors (Lipinski definition) is 0. The molecule has 0 saturated carbocycles. The van der Waals surface area contributed by atoms with Crippen LogP contribution in [0.5, 0.6) is 0 Å². The van der Waals surface area contributed by atoms with Crippen molar-refractivity contribution in [3.8, 4) is 0 Å². The first-order chi connectivity index (χ1) is 17.8. The predicted octanol–water partition coefficient (Wildman–Crippen LogP) is 5.10. The normalized spacial score (nSPS) is 16.5. The molecule has 0 bridgehead atoms. The van der Waals surface area contributed by atoms with Crippen LogP contribution in [0.4, 0.5) is 5.69 Å². The van der Waals surface area contributed by atoms with Crippen LogP contribution in [0.3, 0.4) is 0 Å². The summed E-state index contributed by atoms with van der Waals surface area (Å²) in [5.41, 5.74) is 3.23. The molecule has 3 aromatic rings. The Hall–Kier alpha value is -2.62. The van der Waals surface area contributed by atoms with Crippen LogP contribution in [0.25, 0.3) is 0 Å². The predicted molar refractivity (Wildman–Crippen MR) is 150 cm³/mol. The molecule has 2 heterocycles. The number of carbonyl (C=O) groups is 1. The topological polar surface area (TPSA) is 83.5 Å². The highest BCUT2D eigenvalue weighted by Gasteiger charge is 2.36. The van der Waals surface area contributed by atoms with Gasteiger partial charge < -0.3 is 9.80 Å². The molecule has 4 rings (SSSR count). The molecule has 7 nitrogen and oxygen atoms in total. The second-order valence-electron chi connectivity index (χ2n) is 8.95. The van der Waals surface area contributed by atoms with Crippen molar-refractivity contribution in [3.63, 3.8) is 0 Å². The van der Waals surface area contributed by atoms with Crippen LogP contribution in [0.1, 0.15) is 41.9 Å². The fourth-order valence-electron chi connectivity index (χ4n) is 4.41. The van der Waals surface area contributed by atoms with Gasteiger partial charge in [-0.15, -0.1) is 0 Å². The Labute approximate surface area is 228 Å². The maximum atomic E-state index is 13.8. The van der Waals surface area contributed by atoms with Crippen LogP contribution in [0.2, 0.25) is 5.02 Å². The molecule has 1 amide bonds. The lowest BCUT2D eigenvalue weighted by Gasteiger charge is -2.29. The Morgan fingerprint density at radius 3 is 2.38 bits per heavy atom. The summed E-state index contributed by atoms with van der Waals surface area (Å²) in [7, 11) is -3.20. The summed E-state index contributed by atoms with van der Waals surface area (Å²) in [5.74, 6) is 0.274. The summed E-state index contributed by atoms with van der Waals surface area (Å²) in [4.78, 5) is 26.4. The maximum Gasteiger partial charge on any atom is 0.274 e. The number of rotatable bonds is 10. The van der Waals surface area contributed by atoms with Gasteiger partial charge in [-0.3, -0.25) is 4.79 Å². The van der Waals surface area contributed by atoms with Crippen LogP contribution >= 0.6 is 23.4 Å². The highest BCUT2D eigenvalue weighted by Crippen LogP contribution is 2.27. The van der Waals surface area contributed by atoms with Gasteiger partial charge in [0, 0.05) is 37.1 Å². The number of benzene rings is 2. The molecule has 0 radical (unpaired) electrons. The Morgan fingerprint density at radius 2 is 1.76 bits per heavy atom. The summed E-state index contributed by atoms with van der Waals surface area (Å²) in [6, 6.07) is 17.5. The summed E-state index contributed by atoms with van der Waals surface area (Å²) >= 11 is 7.82. The van der Waals surface area contributed by atoms with Gasteiger partial charge in [-0.2, -0.15) is 0 Å². The number of hydrogen-bond acceptors (Lipinski definition) is 7. The van der Waals surface area contributed by atoms with Crippen molar-refractivity contribution in [2.24, 2.45) is 0 Å². The van der Waals surface area contributed by atoms with E-state index in [0.29, 0.717) is 17.3 Å². The molecule has 10 heteroatoms. The van der Waals surface area contributed by atoms with Crippen molar-refractivity contribution in [2.45, 2.75) is 43.8 Å². The van der Waals surface area contributed by atoms with Crippen LogP contribution in [-0.2, 0) is 22.1 Å². The van der Waals surface area contributed by atoms with Gasteiger partial charge in [0.1, 0.15) is 0 Å². The minimum Gasteiger partial charge on any atom is -0.372 e. The third kappa shape index (κ3) is 7.03. The van der Waals surface area contributed by atoms with Crippen molar-refractivity contribution in [1.29, 1.82) is 0 Å². The van der Waals surface area contributed by atoms with Gasteiger partial charge in [0.2, 0.25) is 0 Å². The molecular formula is C27H31ClN4O3S2. The lowest BCUT2D eigenvalue weighted by Crippen LogP contribution is -2.41. The van der Waals surface area contributed by atoms with Gasteiger partial charge in [-0.25, -0.2) is 18.4 Å². The molecule has 196 valence electrons. The standard InChI is InChI=1S/C27H31ClN4O3S2/c1-3-31(4-2)22-12-10-20(11-13-22)17-32(23-14-15-37(34,35)19-23)26(33)25-24(28)16-29-27(30-25)36-18-21-8-6-5-7-9-21/h5-13,16,23H,3-4,14-15,17-19H2,1-2H3. The second-order valence-corrected chi connectivity index (χ2v) is 12.5. The molecular weight excluding hydrogens is 528 g/mol. The van der Waals surface area contributed by atoms with Crippen LogP contribution in [-0.4, -0.2) is 59.8 Å². The van der Waals surface area contributed by atoms with E-state index in [-0.39, 0.29) is 34.7 Å². The fraction of sp³-hybridized carbons (Fsp3) is 0.370. The summed E-state index contributed by atoms with van der Waals surface area (Å²) in [6.45, 7) is 6.28. The lowest BCUT2D eigenvalue weighted by atomic mass is 10.1. The molecule has 1 fully saturated rings. The summed E-state index contributed by atoms with van der Waals surface area (Å²) < 4.78 is 24.6. The summed E-state index contributed by atoms with van der Waals surface area (Å²) in [5, 5.41) is 0.593. The SMILES string of the molecule is CCN(CC)c1ccc(CN(C(=O)c2nc(SCc3ccccc3)ncc2Cl)C2CCS(=O)(=O)C2)cc1. The number of nitrogens with zero attached hydrogens (tertiary/aromatic N) is 4.